The quantitative estimate of drug-likeness (QED) is 0.553. The molecule has 0 aliphatic rings. The van der Waals surface area contributed by atoms with Crippen LogP contribution in [0.4, 0.5) is 6.01 Å². The predicted octanol–water partition coefficient (Wildman–Crippen LogP) is 2.64. The van der Waals surface area contributed by atoms with Crippen molar-refractivity contribution in [2.75, 3.05) is 11.1 Å². The summed E-state index contributed by atoms with van der Waals surface area (Å²) < 4.78 is 6.89. The van der Waals surface area contributed by atoms with E-state index in [-0.39, 0.29) is 17.7 Å². The summed E-state index contributed by atoms with van der Waals surface area (Å²) >= 11 is 1.35. The summed E-state index contributed by atoms with van der Waals surface area (Å²) in [5, 5.41) is 6.95. The van der Waals surface area contributed by atoms with Gasteiger partial charge in [0.15, 0.2) is 11.0 Å². The van der Waals surface area contributed by atoms with Crippen molar-refractivity contribution in [3.63, 3.8) is 0 Å². The number of nitrogens with zero attached hydrogens (tertiary/aromatic N) is 4. The van der Waals surface area contributed by atoms with Gasteiger partial charge in [0.2, 0.25) is 5.91 Å². The van der Waals surface area contributed by atoms with Gasteiger partial charge >= 0.3 is 6.01 Å². The van der Waals surface area contributed by atoms with Gasteiger partial charge in [-0.05, 0) is 19.1 Å². The minimum absolute atomic E-state index is 0.104. The third kappa shape index (κ3) is 3.42. The zero-order chi connectivity index (χ0) is 16.2. The van der Waals surface area contributed by atoms with E-state index in [1.54, 1.807) is 13.0 Å². The van der Waals surface area contributed by atoms with Crippen LogP contribution in [-0.2, 0) is 11.3 Å². The predicted molar refractivity (Wildman–Crippen MR) is 88.3 cm³/mol. The molecule has 0 spiro atoms. The maximum Gasteiger partial charge on any atom is 0.328 e. The van der Waals surface area contributed by atoms with Crippen molar-refractivity contribution in [1.29, 1.82) is 0 Å². The summed E-state index contributed by atoms with van der Waals surface area (Å²) in [6, 6.07) is 7.94. The maximum absolute atomic E-state index is 12.0. The van der Waals surface area contributed by atoms with Crippen LogP contribution in [0.25, 0.3) is 11.0 Å². The molecule has 0 fully saturated rings. The van der Waals surface area contributed by atoms with Gasteiger partial charge in [-0.15, -0.1) is 6.58 Å². The molecule has 7 nitrogen and oxygen atoms in total. The van der Waals surface area contributed by atoms with Crippen LogP contribution in [-0.4, -0.2) is 31.4 Å². The standard InChI is InChI=1S/C15H15N5O2S/c1-3-8-20-12-7-5-4-6-11(12)17-15(20)23-9-13(21)18-14-16-10(2)19-22-14/h3-7H,1,8-9H2,2H3,(H,16,18,19,21). The van der Waals surface area contributed by atoms with Gasteiger partial charge in [0.25, 0.3) is 0 Å². The molecule has 2 aromatic heterocycles. The lowest BCUT2D eigenvalue weighted by Gasteiger charge is -2.05. The van der Waals surface area contributed by atoms with Crippen molar-refractivity contribution >= 4 is 34.7 Å². The number of benzene rings is 1. The molecule has 1 aromatic carbocycles. The average Bonchev–Trinajstić information content (AvgIpc) is 3.10. The molecule has 0 unspecified atom stereocenters. The van der Waals surface area contributed by atoms with Gasteiger partial charge in [-0.1, -0.05) is 35.1 Å². The minimum Gasteiger partial charge on any atom is -0.315 e. The molecular weight excluding hydrogens is 314 g/mol. The molecule has 23 heavy (non-hydrogen) atoms. The highest BCUT2D eigenvalue weighted by Gasteiger charge is 2.13. The fraction of sp³-hybridized carbons (Fsp3) is 0.200. The number of carbonyl (C=O) groups is 1. The second-order valence-corrected chi connectivity index (χ2v) is 5.71. The summed E-state index contributed by atoms with van der Waals surface area (Å²) in [7, 11) is 0. The molecule has 0 saturated heterocycles. The van der Waals surface area contributed by atoms with Crippen LogP contribution in [0, 0.1) is 6.92 Å². The Morgan fingerprint density at radius 2 is 2.26 bits per heavy atom. The average molecular weight is 329 g/mol. The normalized spacial score (nSPS) is 10.8. The Bertz CT molecular complexity index is 855. The number of para-hydroxylation sites is 2. The number of imidazole rings is 1. The van der Waals surface area contributed by atoms with Crippen LogP contribution in [0.5, 0.6) is 0 Å². The number of hydrogen-bond acceptors (Lipinski definition) is 6. The summed E-state index contributed by atoms with van der Waals surface area (Å²) in [5.41, 5.74) is 1.91. The van der Waals surface area contributed by atoms with Gasteiger partial charge in [-0.25, -0.2) is 4.98 Å². The number of nitrogens with one attached hydrogen (secondary N) is 1. The van der Waals surface area contributed by atoms with E-state index in [4.69, 9.17) is 4.52 Å². The number of hydrogen-bond donors (Lipinski definition) is 1. The van der Waals surface area contributed by atoms with Gasteiger partial charge in [0, 0.05) is 6.54 Å². The molecule has 0 radical (unpaired) electrons. The first kappa shape index (κ1) is 15.3. The number of allylic oxidation sites excluding steroid dienone is 1. The maximum atomic E-state index is 12.0. The Balaban J connectivity index is 1.72. The molecule has 0 aliphatic carbocycles. The molecular formula is C15H15N5O2S. The number of fused-ring (bicyclic) bond motifs is 1. The molecule has 3 rings (SSSR count). The van der Waals surface area contributed by atoms with Crippen LogP contribution in [0.3, 0.4) is 0 Å². The molecule has 8 heteroatoms. The Kier molecular flexibility index (Phi) is 4.42. The number of anilines is 1. The third-order valence-electron chi connectivity index (χ3n) is 3.04. The first-order chi connectivity index (χ1) is 11.2. The number of aryl methyl sites for hydroxylation is 1. The lowest BCUT2D eigenvalue weighted by molar-refractivity contribution is -0.114. The minimum atomic E-state index is -0.226. The van der Waals surface area contributed by atoms with E-state index in [0.717, 1.165) is 16.2 Å². The summed E-state index contributed by atoms with van der Waals surface area (Å²) in [6.07, 6.45) is 1.81. The van der Waals surface area contributed by atoms with Gasteiger partial charge in [-0.3, -0.25) is 10.1 Å². The lowest BCUT2D eigenvalue weighted by Crippen LogP contribution is -2.14. The molecule has 0 atom stereocenters. The van der Waals surface area contributed by atoms with Crippen LogP contribution >= 0.6 is 11.8 Å². The molecule has 0 saturated carbocycles. The van der Waals surface area contributed by atoms with Crippen molar-refractivity contribution in [2.45, 2.75) is 18.6 Å². The van der Waals surface area contributed by atoms with Gasteiger partial charge in [-0.2, -0.15) is 4.98 Å². The Morgan fingerprint density at radius 1 is 1.43 bits per heavy atom. The highest BCUT2D eigenvalue weighted by atomic mass is 32.2. The number of amides is 1. The van der Waals surface area contributed by atoms with Crippen molar-refractivity contribution in [3.05, 3.63) is 42.7 Å². The van der Waals surface area contributed by atoms with Crippen molar-refractivity contribution < 1.29 is 9.32 Å². The second-order valence-electron chi connectivity index (χ2n) is 4.77. The van der Waals surface area contributed by atoms with E-state index >= 15 is 0 Å². The van der Waals surface area contributed by atoms with E-state index < -0.39 is 0 Å². The number of thioether (sulfide) groups is 1. The van der Waals surface area contributed by atoms with Crippen LogP contribution in [0.2, 0.25) is 0 Å². The van der Waals surface area contributed by atoms with Crippen LogP contribution in [0.1, 0.15) is 5.82 Å². The molecule has 118 valence electrons. The SMILES string of the molecule is C=CCn1c(SCC(=O)Nc2nc(C)no2)nc2ccccc21. The Hall–Kier alpha value is -2.61. The van der Waals surface area contributed by atoms with E-state index in [0.29, 0.717) is 12.4 Å². The Labute approximate surface area is 136 Å². The summed E-state index contributed by atoms with van der Waals surface area (Å²) in [6.45, 7) is 6.09. The summed E-state index contributed by atoms with van der Waals surface area (Å²) in [4.78, 5) is 20.5. The molecule has 1 amide bonds. The summed E-state index contributed by atoms with van der Waals surface area (Å²) in [5.74, 6) is 0.443. The number of rotatable bonds is 6. The van der Waals surface area contributed by atoms with Crippen LogP contribution < -0.4 is 5.32 Å². The third-order valence-corrected chi connectivity index (χ3v) is 4.01. The zero-order valence-corrected chi connectivity index (χ0v) is 13.3. The van der Waals surface area contributed by atoms with E-state index in [1.807, 2.05) is 28.8 Å². The van der Waals surface area contributed by atoms with Crippen LogP contribution in [0.15, 0.2) is 46.6 Å². The monoisotopic (exact) mass is 329 g/mol. The largest absolute Gasteiger partial charge is 0.328 e. The number of aromatic nitrogens is 4. The van der Waals surface area contributed by atoms with Gasteiger partial charge in [0.05, 0.1) is 16.8 Å². The number of carbonyl (C=O) groups excluding carboxylic acids is 1. The first-order valence-electron chi connectivity index (χ1n) is 6.96. The van der Waals surface area contributed by atoms with E-state index in [2.05, 4.69) is 27.0 Å². The van der Waals surface area contributed by atoms with Gasteiger partial charge in [0.1, 0.15) is 0 Å². The van der Waals surface area contributed by atoms with E-state index in [9.17, 15) is 4.79 Å². The fourth-order valence-corrected chi connectivity index (χ4v) is 2.93. The van der Waals surface area contributed by atoms with Crippen molar-refractivity contribution in [1.82, 2.24) is 19.7 Å². The van der Waals surface area contributed by atoms with Crippen molar-refractivity contribution in [3.8, 4) is 0 Å². The lowest BCUT2D eigenvalue weighted by atomic mass is 10.3. The molecule has 1 N–H and O–H groups in total. The highest BCUT2D eigenvalue weighted by Crippen LogP contribution is 2.24. The second kappa shape index (κ2) is 6.66. The fourth-order valence-electron chi connectivity index (χ4n) is 2.10. The highest BCUT2D eigenvalue weighted by molar-refractivity contribution is 7.99. The Morgan fingerprint density at radius 3 is 3.00 bits per heavy atom. The van der Waals surface area contributed by atoms with E-state index in [1.165, 1.54) is 11.8 Å². The first-order valence-corrected chi connectivity index (χ1v) is 7.95. The smallest absolute Gasteiger partial charge is 0.315 e. The van der Waals surface area contributed by atoms with Crippen molar-refractivity contribution in [2.24, 2.45) is 0 Å². The molecule has 0 aliphatic heterocycles. The topological polar surface area (TPSA) is 85.8 Å². The van der Waals surface area contributed by atoms with Gasteiger partial charge < -0.3 is 9.09 Å². The zero-order valence-electron chi connectivity index (χ0n) is 12.5. The molecule has 3 aromatic rings. The molecule has 0 bridgehead atoms. The molecule has 2 heterocycles.